The molecule has 0 saturated heterocycles. The summed E-state index contributed by atoms with van der Waals surface area (Å²) < 4.78 is 0. The number of hydrogen-bond acceptors (Lipinski definition) is 3. The van der Waals surface area contributed by atoms with E-state index >= 15 is 0 Å². The Kier molecular flexibility index (Phi) is 5.56. The topological polar surface area (TPSA) is 47.8 Å². The molecule has 0 N–H and O–H groups in total. The average Bonchev–Trinajstić information content (AvgIpc) is 3.18. The number of unbranched alkanes of at least 4 members (excludes halogenated alkanes) is 2. The van der Waals surface area contributed by atoms with Gasteiger partial charge >= 0.3 is 0 Å². The minimum atomic E-state index is -0.175. The molecule has 0 unspecified atom stereocenters. The van der Waals surface area contributed by atoms with E-state index in [1.165, 1.54) is 68.1 Å². The molecule has 0 aliphatic heterocycles. The number of fused-ring (bicyclic) bond motifs is 1. The van der Waals surface area contributed by atoms with Gasteiger partial charge in [0, 0.05) is 5.56 Å². The summed E-state index contributed by atoms with van der Waals surface area (Å²) in [5, 5.41) is 8.64. The van der Waals surface area contributed by atoms with Gasteiger partial charge in [-0.3, -0.25) is 4.79 Å². The maximum Gasteiger partial charge on any atom is 0.295 e. The fraction of sp³-hybridized carbons (Fsp3) is 0.458. The first-order chi connectivity index (χ1) is 13.7. The summed E-state index contributed by atoms with van der Waals surface area (Å²) in [4.78, 5) is 14.1. The first-order valence-electron chi connectivity index (χ1n) is 10.7. The van der Waals surface area contributed by atoms with Crippen molar-refractivity contribution in [1.82, 2.24) is 15.0 Å². The molecule has 0 atom stereocenters. The van der Waals surface area contributed by atoms with Crippen LogP contribution in [0, 0.1) is 0 Å². The third-order valence-electron chi connectivity index (χ3n) is 6.28. The SMILES string of the molecule is CCCCCC1(c2ccc(C(=O)n3nc4ccccc4n3)cc2)CCCCC1. The second-order valence-electron chi connectivity index (χ2n) is 8.16. The van der Waals surface area contributed by atoms with Crippen molar-refractivity contribution < 1.29 is 4.79 Å². The van der Waals surface area contributed by atoms with Crippen LogP contribution in [0.3, 0.4) is 0 Å². The van der Waals surface area contributed by atoms with Gasteiger partial charge in [0.1, 0.15) is 11.0 Å². The van der Waals surface area contributed by atoms with Crippen molar-refractivity contribution in [2.75, 3.05) is 0 Å². The van der Waals surface area contributed by atoms with Gasteiger partial charge in [0.2, 0.25) is 0 Å². The molecule has 28 heavy (non-hydrogen) atoms. The van der Waals surface area contributed by atoms with E-state index in [9.17, 15) is 4.79 Å². The van der Waals surface area contributed by atoms with Gasteiger partial charge in [0.15, 0.2) is 0 Å². The minimum absolute atomic E-state index is 0.175. The zero-order valence-corrected chi connectivity index (χ0v) is 16.7. The Morgan fingerprint density at radius 2 is 1.57 bits per heavy atom. The van der Waals surface area contributed by atoms with Crippen LogP contribution >= 0.6 is 0 Å². The fourth-order valence-corrected chi connectivity index (χ4v) is 4.66. The monoisotopic (exact) mass is 375 g/mol. The Morgan fingerprint density at radius 1 is 0.929 bits per heavy atom. The molecule has 4 rings (SSSR count). The molecule has 0 spiro atoms. The zero-order valence-electron chi connectivity index (χ0n) is 16.7. The van der Waals surface area contributed by atoms with Crippen LogP contribution in [0.25, 0.3) is 11.0 Å². The summed E-state index contributed by atoms with van der Waals surface area (Å²) in [6, 6.07) is 15.8. The predicted octanol–water partition coefficient (Wildman–Crippen LogP) is 5.90. The molecule has 0 bridgehead atoms. The van der Waals surface area contributed by atoms with Crippen LogP contribution in [0.4, 0.5) is 0 Å². The molecule has 1 aromatic heterocycles. The third kappa shape index (κ3) is 3.73. The van der Waals surface area contributed by atoms with Gasteiger partial charge in [-0.15, -0.1) is 15.0 Å². The molecule has 2 aromatic carbocycles. The Bertz CT molecular complexity index is 903. The molecule has 146 valence electrons. The summed E-state index contributed by atoms with van der Waals surface area (Å²) in [6.45, 7) is 2.26. The molecule has 1 aliphatic rings. The van der Waals surface area contributed by atoms with E-state index in [0.29, 0.717) is 11.0 Å². The average molecular weight is 376 g/mol. The summed E-state index contributed by atoms with van der Waals surface area (Å²) in [5.41, 5.74) is 3.82. The Labute approximate surface area is 167 Å². The first-order valence-corrected chi connectivity index (χ1v) is 10.7. The molecule has 3 aromatic rings. The molecule has 4 heteroatoms. The van der Waals surface area contributed by atoms with Crippen molar-refractivity contribution in [1.29, 1.82) is 0 Å². The van der Waals surface area contributed by atoms with Crippen LogP contribution in [-0.2, 0) is 5.41 Å². The Balaban J connectivity index is 1.57. The van der Waals surface area contributed by atoms with Crippen molar-refractivity contribution in [2.24, 2.45) is 0 Å². The van der Waals surface area contributed by atoms with Gasteiger partial charge in [-0.1, -0.05) is 69.7 Å². The van der Waals surface area contributed by atoms with Crippen molar-refractivity contribution in [3.05, 3.63) is 59.7 Å². The maximum atomic E-state index is 12.8. The van der Waals surface area contributed by atoms with E-state index < -0.39 is 0 Å². The number of benzene rings is 2. The van der Waals surface area contributed by atoms with Gasteiger partial charge in [-0.25, -0.2) is 0 Å². The van der Waals surface area contributed by atoms with E-state index in [4.69, 9.17) is 0 Å². The van der Waals surface area contributed by atoms with Crippen LogP contribution in [0.15, 0.2) is 48.5 Å². The zero-order chi connectivity index (χ0) is 19.4. The standard InChI is InChI=1S/C24H29N3O/c1-2-3-7-16-24(17-8-4-9-18-24)20-14-12-19(13-15-20)23(28)27-25-21-10-5-6-11-22(21)26-27/h5-6,10-15H,2-4,7-9,16-18H2,1H3. The van der Waals surface area contributed by atoms with Gasteiger partial charge in [0.25, 0.3) is 5.91 Å². The number of aromatic nitrogens is 3. The highest BCUT2D eigenvalue weighted by Gasteiger charge is 2.33. The van der Waals surface area contributed by atoms with Gasteiger partial charge < -0.3 is 0 Å². The second kappa shape index (κ2) is 8.26. The molecule has 1 heterocycles. The molecule has 0 amide bonds. The second-order valence-corrected chi connectivity index (χ2v) is 8.16. The predicted molar refractivity (Wildman–Crippen MR) is 113 cm³/mol. The molecule has 0 radical (unpaired) electrons. The molecule has 1 fully saturated rings. The number of rotatable bonds is 6. The van der Waals surface area contributed by atoms with Crippen LogP contribution in [0.1, 0.15) is 80.6 Å². The van der Waals surface area contributed by atoms with Crippen LogP contribution < -0.4 is 0 Å². The highest BCUT2D eigenvalue weighted by atomic mass is 16.2. The van der Waals surface area contributed by atoms with Crippen LogP contribution in [0.2, 0.25) is 0 Å². The lowest BCUT2D eigenvalue weighted by Gasteiger charge is -2.38. The van der Waals surface area contributed by atoms with E-state index in [-0.39, 0.29) is 5.91 Å². The van der Waals surface area contributed by atoms with E-state index in [1.54, 1.807) is 0 Å². The number of nitrogens with zero attached hydrogens (tertiary/aromatic N) is 3. The van der Waals surface area contributed by atoms with E-state index in [1.807, 2.05) is 36.4 Å². The molecule has 1 saturated carbocycles. The molecular formula is C24H29N3O. The molecule has 1 aliphatic carbocycles. The summed E-state index contributed by atoms with van der Waals surface area (Å²) in [5.74, 6) is -0.175. The summed E-state index contributed by atoms with van der Waals surface area (Å²) >= 11 is 0. The third-order valence-corrected chi connectivity index (χ3v) is 6.28. The van der Waals surface area contributed by atoms with E-state index in [2.05, 4.69) is 29.3 Å². The molecule has 4 nitrogen and oxygen atoms in total. The lowest BCUT2D eigenvalue weighted by atomic mass is 9.66. The lowest BCUT2D eigenvalue weighted by Crippen LogP contribution is -2.29. The van der Waals surface area contributed by atoms with Crippen molar-refractivity contribution in [2.45, 2.75) is 70.1 Å². The Morgan fingerprint density at radius 3 is 2.18 bits per heavy atom. The molecular weight excluding hydrogens is 346 g/mol. The Hall–Kier alpha value is -2.49. The lowest BCUT2D eigenvalue weighted by molar-refractivity contribution is 0.0928. The van der Waals surface area contributed by atoms with Gasteiger partial charge in [0.05, 0.1) is 0 Å². The van der Waals surface area contributed by atoms with Gasteiger partial charge in [-0.05, 0) is 54.5 Å². The quantitative estimate of drug-likeness (QED) is 0.504. The summed E-state index contributed by atoms with van der Waals surface area (Å²) in [7, 11) is 0. The highest BCUT2D eigenvalue weighted by molar-refractivity contribution is 5.95. The minimum Gasteiger partial charge on any atom is -0.265 e. The van der Waals surface area contributed by atoms with Crippen molar-refractivity contribution in [3.63, 3.8) is 0 Å². The number of hydrogen-bond donors (Lipinski definition) is 0. The summed E-state index contributed by atoms with van der Waals surface area (Å²) in [6.07, 6.45) is 11.6. The first kappa shape index (κ1) is 18.9. The van der Waals surface area contributed by atoms with Crippen LogP contribution in [0.5, 0.6) is 0 Å². The largest absolute Gasteiger partial charge is 0.295 e. The normalized spacial score (nSPS) is 16.3. The highest BCUT2D eigenvalue weighted by Crippen LogP contribution is 2.43. The number of carbonyl (C=O) groups excluding carboxylic acids is 1. The van der Waals surface area contributed by atoms with Crippen molar-refractivity contribution in [3.8, 4) is 0 Å². The fourth-order valence-electron chi connectivity index (χ4n) is 4.66. The van der Waals surface area contributed by atoms with Crippen LogP contribution in [-0.4, -0.2) is 20.9 Å². The van der Waals surface area contributed by atoms with Crippen molar-refractivity contribution >= 4 is 16.9 Å². The maximum absolute atomic E-state index is 12.8. The number of carbonyl (C=O) groups is 1. The van der Waals surface area contributed by atoms with Gasteiger partial charge in [-0.2, -0.15) is 0 Å². The van der Waals surface area contributed by atoms with E-state index in [0.717, 1.165) is 11.0 Å². The smallest absolute Gasteiger partial charge is 0.265 e.